The molecule has 1 fully saturated rings. The Labute approximate surface area is 164 Å². The summed E-state index contributed by atoms with van der Waals surface area (Å²) in [4.78, 5) is 2.41. The highest BCUT2D eigenvalue weighted by Gasteiger charge is 2.30. The zero-order valence-corrected chi connectivity index (χ0v) is 15.8. The van der Waals surface area contributed by atoms with E-state index >= 15 is 0 Å². The van der Waals surface area contributed by atoms with Crippen molar-refractivity contribution in [3.63, 3.8) is 0 Å². The fourth-order valence-corrected chi connectivity index (χ4v) is 3.57. The van der Waals surface area contributed by atoms with Crippen LogP contribution in [0.1, 0.15) is 36.0 Å². The van der Waals surface area contributed by atoms with Crippen LogP contribution >= 0.6 is 0 Å². The van der Waals surface area contributed by atoms with Crippen LogP contribution in [0.25, 0.3) is 0 Å². The molecule has 0 aromatic heterocycles. The number of hydrogen-bond donors (Lipinski definition) is 1. The summed E-state index contributed by atoms with van der Waals surface area (Å²) in [6.45, 7) is 2.98. The van der Waals surface area contributed by atoms with Crippen LogP contribution in [0.15, 0.2) is 48.5 Å². The molecule has 2 aromatic carbocycles. The number of nitrogens with two attached hydrogens (primary N) is 1. The number of nitrogen functional groups attached to an aromatic ring is 1. The van der Waals surface area contributed by atoms with E-state index in [2.05, 4.69) is 16.7 Å². The van der Waals surface area contributed by atoms with Crippen LogP contribution < -0.4 is 5.73 Å². The minimum Gasteiger partial charge on any atom is -0.399 e. The molecule has 28 heavy (non-hydrogen) atoms. The Kier molecular flexibility index (Phi) is 6.64. The summed E-state index contributed by atoms with van der Waals surface area (Å²) in [6.07, 6.45) is -0.452. The zero-order chi connectivity index (χ0) is 20.0. The molecular formula is C23H25F3N2. The van der Waals surface area contributed by atoms with Crippen LogP contribution in [0.4, 0.5) is 18.9 Å². The molecule has 1 aliphatic heterocycles. The van der Waals surface area contributed by atoms with Crippen molar-refractivity contribution in [1.29, 1.82) is 0 Å². The Hall–Kier alpha value is -2.45. The molecule has 1 saturated heterocycles. The van der Waals surface area contributed by atoms with Gasteiger partial charge in [0.25, 0.3) is 0 Å². The summed E-state index contributed by atoms with van der Waals surface area (Å²) >= 11 is 0. The monoisotopic (exact) mass is 386 g/mol. The Balaban J connectivity index is 1.40. The molecule has 1 heterocycles. The van der Waals surface area contributed by atoms with Crippen LogP contribution in [-0.2, 0) is 12.6 Å². The van der Waals surface area contributed by atoms with Crippen LogP contribution in [0.3, 0.4) is 0 Å². The minimum absolute atomic E-state index is 0.534. The van der Waals surface area contributed by atoms with Crippen molar-refractivity contribution >= 4 is 5.69 Å². The van der Waals surface area contributed by atoms with Gasteiger partial charge in [0.1, 0.15) is 0 Å². The lowest BCUT2D eigenvalue weighted by Crippen LogP contribution is -2.34. The van der Waals surface area contributed by atoms with Crippen LogP contribution in [-0.4, -0.2) is 24.5 Å². The molecule has 0 aliphatic carbocycles. The quantitative estimate of drug-likeness (QED) is 0.593. The molecule has 2 aromatic rings. The number of halogens is 3. The van der Waals surface area contributed by atoms with Crippen LogP contribution in [0, 0.1) is 17.8 Å². The molecule has 0 amide bonds. The van der Waals surface area contributed by atoms with E-state index in [-0.39, 0.29) is 0 Å². The Morgan fingerprint density at radius 2 is 1.75 bits per heavy atom. The SMILES string of the molecule is Nc1cccc(C#CCCN2CCC(Cc3ccc(C(F)(F)F)cc3)CC2)c1. The number of alkyl halides is 3. The molecule has 0 spiro atoms. The number of likely N-dealkylation sites (tertiary alicyclic amines) is 1. The molecule has 1 aliphatic rings. The zero-order valence-electron chi connectivity index (χ0n) is 15.8. The second-order valence-electron chi connectivity index (χ2n) is 7.36. The van der Waals surface area contributed by atoms with E-state index in [1.165, 1.54) is 12.1 Å². The van der Waals surface area contributed by atoms with E-state index in [1.807, 2.05) is 24.3 Å². The van der Waals surface area contributed by atoms with E-state index in [4.69, 9.17) is 5.73 Å². The van der Waals surface area contributed by atoms with Gasteiger partial charge in [0.2, 0.25) is 0 Å². The smallest absolute Gasteiger partial charge is 0.399 e. The van der Waals surface area contributed by atoms with E-state index in [0.29, 0.717) is 5.92 Å². The molecule has 0 unspecified atom stereocenters. The fourth-order valence-electron chi connectivity index (χ4n) is 3.57. The van der Waals surface area contributed by atoms with Crippen molar-refractivity contribution in [3.05, 3.63) is 65.2 Å². The number of nitrogens with zero attached hydrogens (tertiary/aromatic N) is 1. The largest absolute Gasteiger partial charge is 0.416 e. The second-order valence-corrected chi connectivity index (χ2v) is 7.36. The van der Waals surface area contributed by atoms with Gasteiger partial charge in [-0.25, -0.2) is 0 Å². The predicted molar refractivity (Wildman–Crippen MR) is 107 cm³/mol. The maximum absolute atomic E-state index is 12.6. The van der Waals surface area contributed by atoms with Crippen molar-refractivity contribution in [2.45, 2.75) is 31.9 Å². The Bertz CT molecular complexity index is 823. The molecule has 0 radical (unpaired) electrons. The van der Waals surface area contributed by atoms with E-state index < -0.39 is 11.7 Å². The third kappa shape index (κ3) is 6.03. The fraction of sp³-hybridized carbons (Fsp3) is 0.391. The summed E-state index contributed by atoms with van der Waals surface area (Å²) in [5.41, 5.74) is 7.82. The number of rotatable bonds is 4. The Morgan fingerprint density at radius 3 is 2.39 bits per heavy atom. The van der Waals surface area contributed by atoms with Crippen molar-refractivity contribution in [2.24, 2.45) is 5.92 Å². The highest BCUT2D eigenvalue weighted by atomic mass is 19.4. The van der Waals surface area contributed by atoms with E-state index in [9.17, 15) is 13.2 Å². The van der Waals surface area contributed by atoms with Gasteiger partial charge < -0.3 is 10.6 Å². The molecule has 2 nitrogen and oxygen atoms in total. The first kappa shape index (κ1) is 20.3. The Morgan fingerprint density at radius 1 is 1.04 bits per heavy atom. The summed E-state index contributed by atoms with van der Waals surface area (Å²) in [5.74, 6) is 6.88. The first-order valence-electron chi connectivity index (χ1n) is 9.63. The maximum Gasteiger partial charge on any atom is 0.416 e. The van der Waals surface area contributed by atoms with Gasteiger partial charge in [-0.1, -0.05) is 30.0 Å². The van der Waals surface area contributed by atoms with Crippen molar-refractivity contribution in [1.82, 2.24) is 4.90 Å². The molecule has 0 saturated carbocycles. The van der Waals surface area contributed by atoms with Crippen molar-refractivity contribution < 1.29 is 13.2 Å². The third-order valence-electron chi connectivity index (χ3n) is 5.19. The highest BCUT2D eigenvalue weighted by molar-refractivity contribution is 5.46. The van der Waals surface area contributed by atoms with E-state index in [1.54, 1.807) is 12.1 Å². The first-order chi connectivity index (χ1) is 13.4. The normalized spacial score (nSPS) is 15.8. The van der Waals surface area contributed by atoms with E-state index in [0.717, 1.165) is 62.1 Å². The van der Waals surface area contributed by atoms with Crippen molar-refractivity contribution in [2.75, 3.05) is 25.4 Å². The molecule has 148 valence electrons. The predicted octanol–water partition coefficient (Wildman–Crippen LogP) is 4.98. The number of benzene rings is 2. The lowest BCUT2D eigenvalue weighted by atomic mass is 9.90. The number of anilines is 1. The highest BCUT2D eigenvalue weighted by Crippen LogP contribution is 2.30. The summed E-state index contributed by atoms with van der Waals surface area (Å²) in [6, 6.07) is 13.2. The standard InChI is InChI=1S/C23H25F3N2/c24-23(25,26)21-9-7-19(8-10-21)16-20-11-14-28(15-12-20)13-2-1-4-18-5-3-6-22(27)17-18/h3,5-10,17,20H,2,11-16,27H2. The average Bonchev–Trinajstić information content (AvgIpc) is 2.66. The molecule has 0 bridgehead atoms. The molecule has 2 N–H and O–H groups in total. The number of hydrogen-bond acceptors (Lipinski definition) is 2. The van der Waals surface area contributed by atoms with Gasteiger partial charge in [-0.05, 0) is 74.2 Å². The summed E-state index contributed by atoms with van der Waals surface area (Å²) < 4.78 is 37.9. The van der Waals surface area contributed by atoms with Gasteiger partial charge >= 0.3 is 6.18 Å². The average molecular weight is 386 g/mol. The van der Waals surface area contributed by atoms with Gasteiger partial charge in [0.15, 0.2) is 0 Å². The van der Waals surface area contributed by atoms with Crippen LogP contribution in [0.2, 0.25) is 0 Å². The molecule has 3 rings (SSSR count). The maximum atomic E-state index is 12.6. The lowest BCUT2D eigenvalue weighted by molar-refractivity contribution is -0.137. The van der Waals surface area contributed by atoms with Crippen LogP contribution in [0.5, 0.6) is 0 Å². The van der Waals surface area contributed by atoms with Gasteiger partial charge in [0, 0.05) is 24.2 Å². The summed E-state index contributed by atoms with van der Waals surface area (Å²) in [7, 11) is 0. The first-order valence-corrected chi connectivity index (χ1v) is 9.63. The van der Waals surface area contributed by atoms with Gasteiger partial charge in [0.05, 0.1) is 5.56 Å². The third-order valence-corrected chi connectivity index (χ3v) is 5.19. The van der Waals surface area contributed by atoms with Crippen molar-refractivity contribution in [3.8, 4) is 11.8 Å². The lowest BCUT2D eigenvalue weighted by Gasteiger charge is -2.31. The van der Waals surface area contributed by atoms with Gasteiger partial charge in [-0.15, -0.1) is 0 Å². The molecular weight excluding hydrogens is 361 g/mol. The minimum atomic E-state index is -4.26. The van der Waals surface area contributed by atoms with Gasteiger partial charge in [-0.2, -0.15) is 13.2 Å². The molecule has 5 heteroatoms. The summed E-state index contributed by atoms with van der Waals surface area (Å²) in [5, 5.41) is 0. The topological polar surface area (TPSA) is 29.3 Å². The second kappa shape index (κ2) is 9.16. The van der Waals surface area contributed by atoms with Gasteiger partial charge in [-0.3, -0.25) is 0 Å². The molecule has 0 atom stereocenters. The number of piperidine rings is 1.